The van der Waals surface area contributed by atoms with Crippen LogP contribution in [0.2, 0.25) is 0 Å². The first-order valence-electron chi connectivity index (χ1n) is 6.25. The Morgan fingerprint density at radius 3 is 2.52 bits per heavy atom. The van der Waals surface area contributed by atoms with Gasteiger partial charge in [0.05, 0.1) is 12.2 Å². The summed E-state index contributed by atoms with van der Waals surface area (Å²) in [5.74, 6) is -1.66. The summed E-state index contributed by atoms with van der Waals surface area (Å²) in [5.41, 5.74) is 0.988. The third kappa shape index (κ3) is 4.09. The van der Waals surface area contributed by atoms with E-state index in [9.17, 15) is 18.0 Å². The number of aliphatic carboxylic acids is 1. The Bertz CT molecular complexity index is 641. The standard InChI is InChI=1S/C12H15N3O5S/c16-11(17)5-8-21(19,20)14-9-1-3-10(4-2-9)15-7-6-13-12(15)18/h1-4,14H,5-8H2,(H,13,18)(H,16,17). The van der Waals surface area contributed by atoms with Gasteiger partial charge in [0.25, 0.3) is 0 Å². The molecule has 0 saturated carbocycles. The van der Waals surface area contributed by atoms with E-state index in [1.165, 1.54) is 12.1 Å². The fourth-order valence-corrected chi connectivity index (χ4v) is 2.92. The van der Waals surface area contributed by atoms with Crippen LogP contribution in [0.3, 0.4) is 0 Å². The monoisotopic (exact) mass is 313 g/mol. The maximum absolute atomic E-state index is 11.6. The molecule has 0 spiro atoms. The van der Waals surface area contributed by atoms with Crippen LogP contribution in [0.5, 0.6) is 0 Å². The largest absolute Gasteiger partial charge is 0.481 e. The van der Waals surface area contributed by atoms with Gasteiger partial charge < -0.3 is 10.4 Å². The molecular weight excluding hydrogens is 298 g/mol. The second kappa shape index (κ2) is 6.00. The fraction of sp³-hybridized carbons (Fsp3) is 0.333. The van der Waals surface area contributed by atoms with Crippen molar-refractivity contribution in [3.05, 3.63) is 24.3 Å². The minimum atomic E-state index is -3.70. The molecule has 21 heavy (non-hydrogen) atoms. The Kier molecular flexibility index (Phi) is 4.32. The molecule has 0 radical (unpaired) electrons. The molecule has 1 fully saturated rings. The number of carbonyl (C=O) groups is 2. The van der Waals surface area contributed by atoms with Gasteiger partial charge in [0.1, 0.15) is 0 Å². The molecule has 1 saturated heterocycles. The van der Waals surface area contributed by atoms with Crippen molar-refractivity contribution in [3.8, 4) is 0 Å². The zero-order valence-electron chi connectivity index (χ0n) is 11.1. The van der Waals surface area contributed by atoms with E-state index >= 15 is 0 Å². The van der Waals surface area contributed by atoms with Crippen LogP contribution in [0.4, 0.5) is 16.2 Å². The predicted molar refractivity (Wildman–Crippen MR) is 76.8 cm³/mol. The van der Waals surface area contributed by atoms with E-state index in [1.807, 2.05) is 0 Å². The summed E-state index contributed by atoms with van der Waals surface area (Å²) in [5, 5.41) is 11.2. The van der Waals surface area contributed by atoms with Gasteiger partial charge in [-0.2, -0.15) is 0 Å². The normalized spacial score (nSPS) is 14.9. The fourth-order valence-electron chi connectivity index (χ4n) is 1.88. The van der Waals surface area contributed by atoms with Crippen molar-refractivity contribution in [2.24, 2.45) is 0 Å². The van der Waals surface area contributed by atoms with Crippen LogP contribution >= 0.6 is 0 Å². The lowest BCUT2D eigenvalue weighted by atomic mass is 10.2. The highest BCUT2D eigenvalue weighted by Gasteiger charge is 2.21. The minimum Gasteiger partial charge on any atom is -0.481 e. The first kappa shape index (κ1) is 15.1. The molecule has 114 valence electrons. The lowest BCUT2D eigenvalue weighted by molar-refractivity contribution is -0.136. The van der Waals surface area contributed by atoms with E-state index in [0.29, 0.717) is 24.5 Å². The highest BCUT2D eigenvalue weighted by molar-refractivity contribution is 7.92. The molecule has 1 aliphatic rings. The molecule has 8 nitrogen and oxygen atoms in total. The van der Waals surface area contributed by atoms with Crippen molar-refractivity contribution in [1.82, 2.24) is 5.32 Å². The van der Waals surface area contributed by atoms with E-state index in [4.69, 9.17) is 5.11 Å². The SMILES string of the molecule is O=C(O)CCS(=O)(=O)Nc1ccc(N2CCNC2=O)cc1. The van der Waals surface area contributed by atoms with E-state index in [2.05, 4.69) is 10.0 Å². The average Bonchev–Trinajstić information content (AvgIpc) is 2.83. The highest BCUT2D eigenvalue weighted by atomic mass is 32.2. The number of anilines is 2. The van der Waals surface area contributed by atoms with Gasteiger partial charge in [-0.05, 0) is 24.3 Å². The van der Waals surface area contributed by atoms with Gasteiger partial charge in [0.2, 0.25) is 10.0 Å². The van der Waals surface area contributed by atoms with Gasteiger partial charge >= 0.3 is 12.0 Å². The Morgan fingerprint density at radius 1 is 1.33 bits per heavy atom. The van der Waals surface area contributed by atoms with Crippen LogP contribution in [-0.2, 0) is 14.8 Å². The van der Waals surface area contributed by atoms with Crippen molar-refractivity contribution in [2.75, 3.05) is 28.5 Å². The van der Waals surface area contributed by atoms with Gasteiger partial charge in [-0.3, -0.25) is 14.4 Å². The molecule has 1 aromatic carbocycles. The Labute approximate surface area is 121 Å². The second-order valence-electron chi connectivity index (χ2n) is 4.50. The first-order valence-corrected chi connectivity index (χ1v) is 7.90. The molecule has 3 N–H and O–H groups in total. The topological polar surface area (TPSA) is 116 Å². The van der Waals surface area contributed by atoms with Gasteiger partial charge in [0.15, 0.2) is 0 Å². The number of nitrogens with zero attached hydrogens (tertiary/aromatic N) is 1. The van der Waals surface area contributed by atoms with Crippen molar-refractivity contribution in [1.29, 1.82) is 0 Å². The molecule has 0 aromatic heterocycles. The van der Waals surface area contributed by atoms with Gasteiger partial charge in [-0.25, -0.2) is 13.2 Å². The number of amides is 2. The number of carboxylic acids is 1. The second-order valence-corrected chi connectivity index (χ2v) is 6.34. The summed E-state index contributed by atoms with van der Waals surface area (Å²) in [7, 11) is -3.70. The van der Waals surface area contributed by atoms with Crippen LogP contribution in [0.1, 0.15) is 6.42 Å². The summed E-state index contributed by atoms with van der Waals surface area (Å²) in [4.78, 5) is 23.4. The highest BCUT2D eigenvalue weighted by Crippen LogP contribution is 2.20. The van der Waals surface area contributed by atoms with Crippen molar-refractivity contribution >= 4 is 33.4 Å². The van der Waals surface area contributed by atoms with Crippen molar-refractivity contribution < 1.29 is 23.1 Å². The number of benzene rings is 1. The molecule has 0 atom stereocenters. The molecule has 0 bridgehead atoms. The summed E-state index contributed by atoms with van der Waals surface area (Å²) in [6.07, 6.45) is -0.457. The molecule has 2 rings (SSSR count). The summed E-state index contributed by atoms with van der Waals surface area (Å²) >= 11 is 0. The molecule has 1 aromatic rings. The van der Waals surface area contributed by atoms with E-state index in [0.717, 1.165) is 0 Å². The number of carbonyl (C=O) groups excluding carboxylic acids is 1. The van der Waals surface area contributed by atoms with Crippen LogP contribution < -0.4 is 14.9 Å². The van der Waals surface area contributed by atoms with E-state index in [1.54, 1.807) is 17.0 Å². The van der Waals surface area contributed by atoms with Gasteiger partial charge in [-0.1, -0.05) is 0 Å². The number of nitrogens with one attached hydrogen (secondary N) is 2. The number of hydrogen-bond donors (Lipinski definition) is 3. The maximum Gasteiger partial charge on any atom is 0.321 e. The molecule has 2 amide bonds. The first-order chi connectivity index (χ1) is 9.87. The molecular formula is C12H15N3O5S. The number of sulfonamides is 1. The quantitative estimate of drug-likeness (QED) is 0.704. The Hall–Kier alpha value is -2.29. The van der Waals surface area contributed by atoms with E-state index in [-0.39, 0.29) is 6.03 Å². The number of rotatable bonds is 6. The third-order valence-electron chi connectivity index (χ3n) is 2.89. The third-order valence-corrected chi connectivity index (χ3v) is 4.18. The summed E-state index contributed by atoms with van der Waals surface area (Å²) in [6.45, 7) is 1.13. The minimum absolute atomic E-state index is 0.190. The predicted octanol–water partition coefficient (Wildman–Crippen LogP) is 0.433. The molecule has 0 aliphatic carbocycles. The number of carboxylic acid groups (broad SMARTS) is 1. The summed E-state index contributed by atoms with van der Waals surface area (Å²) < 4.78 is 25.6. The van der Waals surface area contributed by atoms with Crippen LogP contribution in [-0.4, -0.2) is 44.4 Å². The molecule has 0 unspecified atom stereocenters. The number of urea groups is 1. The molecule has 1 aliphatic heterocycles. The molecule has 9 heteroatoms. The Balaban J connectivity index is 2.02. The van der Waals surface area contributed by atoms with Crippen LogP contribution in [0, 0.1) is 0 Å². The smallest absolute Gasteiger partial charge is 0.321 e. The maximum atomic E-state index is 11.6. The number of hydrogen-bond acceptors (Lipinski definition) is 4. The lowest BCUT2D eigenvalue weighted by Gasteiger charge is -2.15. The van der Waals surface area contributed by atoms with Gasteiger partial charge in [0, 0.05) is 24.5 Å². The average molecular weight is 313 g/mol. The zero-order chi connectivity index (χ0) is 15.5. The van der Waals surface area contributed by atoms with Crippen LogP contribution in [0.15, 0.2) is 24.3 Å². The lowest BCUT2D eigenvalue weighted by Crippen LogP contribution is -2.27. The molecule has 1 heterocycles. The van der Waals surface area contributed by atoms with Gasteiger partial charge in [-0.15, -0.1) is 0 Å². The van der Waals surface area contributed by atoms with Crippen LogP contribution in [0.25, 0.3) is 0 Å². The van der Waals surface area contributed by atoms with Crippen molar-refractivity contribution in [3.63, 3.8) is 0 Å². The van der Waals surface area contributed by atoms with E-state index < -0.39 is 28.2 Å². The Morgan fingerprint density at radius 2 is 2.00 bits per heavy atom. The van der Waals surface area contributed by atoms with Crippen molar-refractivity contribution in [2.45, 2.75) is 6.42 Å². The summed E-state index contributed by atoms with van der Waals surface area (Å²) in [6, 6.07) is 6.11. The zero-order valence-corrected chi connectivity index (χ0v) is 11.9.